The molecule has 0 bridgehead atoms. The van der Waals surface area contributed by atoms with Crippen LogP contribution in [0.1, 0.15) is 27.2 Å². The van der Waals surface area contributed by atoms with Crippen LogP contribution in [0, 0.1) is 0 Å². The van der Waals surface area contributed by atoms with E-state index in [0.717, 1.165) is 0 Å². The number of ether oxygens (including phenoxy) is 2. The first-order chi connectivity index (χ1) is 10.2. The molecule has 0 aromatic heterocycles. The number of carboxylic acid groups (broad SMARTS) is 2. The van der Waals surface area contributed by atoms with Crippen LogP contribution in [-0.2, 0) is 19.1 Å². The number of aliphatic hydroxyl groups is 3. The normalized spacial score (nSPS) is 15.9. The van der Waals surface area contributed by atoms with Crippen molar-refractivity contribution in [2.45, 2.75) is 51.6 Å². The van der Waals surface area contributed by atoms with Crippen LogP contribution in [0.4, 0.5) is 0 Å². The molecule has 0 aromatic rings. The van der Waals surface area contributed by atoms with Crippen LogP contribution in [0.3, 0.4) is 0 Å². The lowest BCUT2D eigenvalue weighted by atomic mass is 10.2. The van der Waals surface area contributed by atoms with Gasteiger partial charge in [0.05, 0.1) is 25.4 Å². The summed E-state index contributed by atoms with van der Waals surface area (Å²) in [6.45, 7) is 5.54. The quantitative estimate of drug-likeness (QED) is 0.343. The van der Waals surface area contributed by atoms with Crippen molar-refractivity contribution >= 4 is 11.9 Å². The Kier molecular flexibility index (Phi) is 14.0. The molecule has 0 saturated carbocycles. The number of rotatable bonds is 10. The van der Waals surface area contributed by atoms with E-state index in [1.807, 2.05) is 0 Å². The zero-order chi connectivity index (χ0) is 17.7. The molecule has 0 aromatic carbocycles. The summed E-state index contributed by atoms with van der Waals surface area (Å²) in [6, 6.07) is 0. The van der Waals surface area contributed by atoms with Crippen LogP contribution < -0.4 is 0 Å². The van der Waals surface area contributed by atoms with Gasteiger partial charge in [-0.05, 0) is 20.3 Å². The highest BCUT2D eigenvalue weighted by Crippen LogP contribution is 2.01. The first kappa shape index (κ1) is 23.0. The molecule has 4 atom stereocenters. The second-order valence-corrected chi connectivity index (χ2v) is 4.59. The summed E-state index contributed by atoms with van der Waals surface area (Å²) in [5, 5.41) is 42.8. The second-order valence-electron chi connectivity index (χ2n) is 4.59. The van der Waals surface area contributed by atoms with E-state index in [9.17, 15) is 9.59 Å². The third-order valence-electron chi connectivity index (χ3n) is 2.16. The van der Waals surface area contributed by atoms with Crippen molar-refractivity contribution in [3.63, 3.8) is 0 Å². The summed E-state index contributed by atoms with van der Waals surface area (Å²) in [4.78, 5) is 20.6. The molecule has 0 amide bonds. The summed E-state index contributed by atoms with van der Waals surface area (Å²) in [5.41, 5.74) is 0. The van der Waals surface area contributed by atoms with E-state index in [-0.39, 0.29) is 19.3 Å². The minimum Gasteiger partial charge on any atom is -0.479 e. The zero-order valence-electron chi connectivity index (χ0n) is 13.0. The predicted molar refractivity (Wildman–Crippen MR) is 75.5 cm³/mol. The molecule has 0 fully saturated rings. The fourth-order valence-corrected chi connectivity index (χ4v) is 1.03. The van der Waals surface area contributed by atoms with E-state index in [4.69, 9.17) is 30.3 Å². The molecule has 0 aliphatic heterocycles. The number of aliphatic hydroxyl groups excluding tert-OH is 3. The summed E-state index contributed by atoms with van der Waals surface area (Å²) >= 11 is 0. The van der Waals surface area contributed by atoms with Crippen LogP contribution >= 0.6 is 0 Å². The van der Waals surface area contributed by atoms with Gasteiger partial charge in [0.25, 0.3) is 0 Å². The Morgan fingerprint density at radius 2 is 1.59 bits per heavy atom. The Morgan fingerprint density at radius 1 is 1.05 bits per heavy atom. The topological polar surface area (TPSA) is 154 Å². The number of hydrogen-bond donors (Lipinski definition) is 5. The molecule has 9 nitrogen and oxygen atoms in total. The van der Waals surface area contributed by atoms with Crippen molar-refractivity contribution in [3.05, 3.63) is 0 Å². The van der Waals surface area contributed by atoms with E-state index in [0.29, 0.717) is 13.0 Å². The van der Waals surface area contributed by atoms with Crippen LogP contribution in [-0.4, -0.2) is 81.7 Å². The zero-order valence-corrected chi connectivity index (χ0v) is 13.0. The van der Waals surface area contributed by atoms with Gasteiger partial charge in [0.1, 0.15) is 0 Å². The Bertz CT molecular complexity index is 306. The standard InChI is InChI=1S/C7H12O6.C6H14O3/c1-2-3-13-5(7(11)12)4(8)6(9)10;1-5(8)4-9-6(2)3-7/h4-5,8H,2-3H2,1H3,(H,9,10)(H,11,12);5-8H,3-4H2,1-2H3. The average molecular weight is 326 g/mol. The highest BCUT2D eigenvalue weighted by molar-refractivity contribution is 5.83. The van der Waals surface area contributed by atoms with Crippen molar-refractivity contribution in [2.24, 2.45) is 0 Å². The molecule has 132 valence electrons. The van der Waals surface area contributed by atoms with Gasteiger partial charge in [-0.1, -0.05) is 6.92 Å². The minimum absolute atomic E-state index is 0.00667. The highest BCUT2D eigenvalue weighted by atomic mass is 16.5. The Balaban J connectivity index is 0. The molecule has 5 N–H and O–H groups in total. The number of aliphatic carboxylic acids is 2. The lowest BCUT2D eigenvalue weighted by Crippen LogP contribution is -2.41. The Morgan fingerprint density at radius 3 is 1.91 bits per heavy atom. The molecular formula is C13H26O9. The van der Waals surface area contributed by atoms with Gasteiger partial charge in [-0.25, -0.2) is 9.59 Å². The molecule has 0 radical (unpaired) electrons. The van der Waals surface area contributed by atoms with Gasteiger partial charge in [-0.3, -0.25) is 0 Å². The summed E-state index contributed by atoms with van der Waals surface area (Å²) in [5.74, 6) is -3.09. The lowest BCUT2D eigenvalue weighted by molar-refractivity contribution is -0.171. The van der Waals surface area contributed by atoms with Crippen LogP contribution in [0.25, 0.3) is 0 Å². The van der Waals surface area contributed by atoms with Gasteiger partial charge in [0, 0.05) is 6.61 Å². The largest absolute Gasteiger partial charge is 0.479 e. The van der Waals surface area contributed by atoms with Gasteiger partial charge in [0.2, 0.25) is 0 Å². The molecule has 0 heterocycles. The van der Waals surface area contributed by atoms with E-state index in [1.54, 1.807) is 20.8 Å². The first-order valence-electron chi connectivity index (χ1n) is 6.83. The molecule has 0 rings (SSSR count). The molecule has 0 spiro atoms. The fourth-order valence-electron chi connectivity index (χ4n) is 1.03. The smallest absolute Gasteiger partial charge is 0.336 e. The number of carbonyl (C=O) groups is 2. The molecule has 4 unspecified atom stereocenters. The average Bonchev–Trinajstić information content (AvgIpc) is 2.45. The second kappa shape index (κ2) is 13.4. The summed E-state index contributed by atoms with van der Waals surface area (Å²) < 4.78 is 9.60. The van der Waals surface area contributed by atoms with Gasteiger partial charge in [-0.15, -0.1) is 0 Å². The first-order valence-corrected chi connectivity index (χ1v) is 6.83. The van der Waals surface area contributed by atoms with Crippen LogP contribution in [0.15, 0.2) is 0 Å². The van der Waals surface area contributed by atoms with E-state index in [1.165, 1.54) is 0 Å². The van der Waals surface area contributed by atoms with Gasteiger partial charge in [0.15, 0.2) is 12.2 Å². The molecule has 0 aliphatic carbocycles. The molecule has 0 saturated heterocycles. The highest BCUT2D eigenvalue weighted by Gasteiger charge is 2.32. The molecule has 9 heteroatoms. The monoisotopic (exact) mass is 326 g/mol. The van der Waals surface area contributed by atoms with Crippen molar-refractivity contribution in [1.82, 2.24) is 0 Å². The maximum absolute atomic E-state index is 10.4. The number of carboxylic acids is 2. The van der Waals surface area contributed by atoms with Gasteiger partial charge < -0.3 is 35.0 Å². The maximum atomic E-state index is 10.4. The lowest BCUT2D eigenvalue weighted by Gasteiger charge is -2.15. The third-order valence-corrected chi connectivity index (χ3v) is 2.16. The molecule has 0 aliphatic rings. The maximum Gasteiger partial charge on any atom is 0.336 e. The van der Waals surface area contributed by atoms with Crippen molar-refractivity contribution in [1.29, 1.82) is 0 Å². The summed E-state index contributed by atoms with van der Waals surface area (Å²) in [7, 11) is 0. The van der Waals surface area contributed by atoms with E-state index >= 15 is 0 Å². The van der Waals surface area contributed by atoms with E-state index < -0.39 is 30.3 Å². The van der Waals surface area contributed by atoms with E-state index in [2.05, 4.69) is 4.74 Å². The van der Waals surface area contributed by atoms with Crippen molar-refractivity contribution in [2.75, 3.05) is 19.8 Å². The van der Waals surface area contributed by atoms with Crippen molar-refractivity contribution < 1.29 is 44.6 Å². The van der Waals surface area contributed by atoms with Gasteiger partial charge >= 0.3 is 11.9 Å². The summed E-state index contributed by atoms with van der Waals surface area (Å²) in [6.07, 6.45) is -3.78. The minimum atomic E-state index is -2.02. The van der Waals surface area contributed by atoms with Gasteiger partial charge in [-0.2, -0.15) is 0 Å². The van der Waals surface area contributed by atoms with Crippen LogP contribution in [0.5, 0.6) is 0 Å². The number of hydrogen-bond acceptors (Lipinski definition) is 7. The SMILES string of the molecule is CC(O)COC(C)CO.CCCOC(C(=O)O)C(O)C(=O)O. The predicted octanol–water partition coefficient (Wildman–Crippen LogP) is -0.924. The third kappa shape index (κ3) is 12.5. The fraction of sp³-hybridized carbons (Fsp3) is 0.846. The Labute approximate surface area is 129 Å². The Hall–Kier alpha value is -1.26. The molecule has 22 heavy (non-hydrogen) atoms. The molecular weight excluding hydrogens is 300 g/mol. The van der Waals surface area contributed by atoms with Crippen molar-refractivity contribution in [3.8, 4) is 0 Å². The van der Waals surface area contributed by atoms with Crippen LogP contribution in [0.2, 0.25) is 0 Å².